The van der Waals surface area contributed by atoms with Crippen LogP contribution in [0, 0.1) is 23.5 Å². The fourth-order valence-electron chi connectivity index (χ4n) is 3.13. The largest absolute Gasteiger partial charge is 0.252 e. The van der Waals surface area contributed by atoms with Crippen LogP contribution in [0.15, 0.2) is 60.8 Å². The fourth-order valence-corrected chi connectivity index (χ4v) is 3.13. The van der Waals surface area contributed by atoms with E-state index in [1.807, 2.05) is 13.8 Å². The van der Waals surface area contributed by atoms with E-state index in [1.54, 1.807) is 30.5 Å². The molecule has 0 fully saturated rings. The molecule has 3 heterocycles. The lowest BCUT2D eigenvalue weighted by atomic mass is 9.85. The van der Waals surface area contributed by atoms with E-state index in [-0.39, 0.29) is 11.3 Å². The molecule has 30 heavy (non-hydrogen) atoms. The standard InChI is InChI=1S/C22H16F4N4/c1-22(2,19-10-11-30(29-19)17-8-9-20(25)28-21(17)26)18-5-3-4-16(27-18)14-7-6-13(23)12-15(14)24/h3-12H,1-2H3. The number of nitrogens with zero attached hydrogens (tertiary/aromatic N) is 4. The molecular weight excluding hydrogens is 396 g/mol. The monoisotopic (exact) mass is 412 g/mol. The number of halogens is 4. The molecule has 0 aliphatic heterocycles. The smallest absolute Gasteiger partial charge is 0.241 e. The van der Waals surface area contributed by atoms with Gasteiger partial charge in [0.2, 0.25) is 11.9 Å². The van der Waals surface area contributed by atoms with E-state index in [4.69, 9.17) is 0 Å². The lowest BCUT2D eigenvalue weighted by Gasteiger charge is -2.22. The topological polar surface area (TPSA) is 43.6 Å². The van der Waals surface area contributed by atoms with E-state index < -0.39 is 28.9 Å². The van der Waals surface area contributed by atoms with Gasteiger partial charge in [0.05, 0.1) is 22.5 Å². The first kappa shape index (κ1) is 19.8. The zero-order valence-corrected chi connectivity index (χ0v) is 16.1. The van der Waals surface area contributed by atoms with Crippen LogP contribution in [0.5, 0.6) is 0 Å². The molecule has 0 radical (unpaired) electrons. The van der Waals surface area contributed by atoms with Gasteiger partial charge in [-0.2, -0.15) is 18.9 Å². The Bertz CT molecular complexity index is 1230. The minimum Gasteiger partial charge on any atom is -0.252 e. The molecular formula is C22H16F4N4. The molecule has 0 aliphatic rings. The maximum atomic E-state index is 14.2. The highest BCUT2D eigenvalue weighted by Crippen LogP contribution is 2.31. The molecule has 3 aromatic heterocycles. The van der Waals surface area contributed by atoms with Gasteiger partial charge in [-0.15, -0.1) is 0 Å². The summed E-state index contributed by atoms with van der Waals surface area (Å²) >= 11 is 0. The van der Waals surface area contributed by atoms with E-state index in [1.165, 1.54) is 22.9 Å². The predicted molar refractivity (Wildman–Crippen MR) is 103 cm³/mol. The van der Waals surface area contributed by atoms with Crippen molar-refractivity contribution in [1.29, 1.82) is 0 Å². The average Bonchev–Trinajstić information content (AvgIpc) is 3.19. The van der Waals surface area contributed by atoms with Crippen LogP contribution in [-0.4, -0.2) is 19.7 Å². The van der Waals surface area contributed by atoms with E-state index >= 15 is 0 Å². The van der Waals surface area contributed by atoms with E-state index in [9.17, 15) is 17.6 Å². The van der Waals surface area contributed by atoms with Gasteiger partial charge in [-0.3, -0.25) is 4.98 Å². The number of hydrogen-bond acceptors (Lipinski definition) is 3. The Morgan fingerprint density at radius 1 is 0.833 bits per heavy atom. The van der Waals surface area contributed by atoms with E-state index in [0.717, 1.165) is 12.1 Å². The van der Waals surface area contributed by atoms with Crippen molar-refractivity contribution in [3.63, 3.8) is 0 Å². The summed E-state index contributed by atoms with van der Waals surface area (Å²) in [5.74, 6) is -3.27. The van der Waals surface area contributed by atoms with Crippen LogP contribution < -0.4 is 0 Å². The van der Waals surface area contributed by atoms with Gasteiger partial charge in [-0.05, 0) is 56.3 Å². The highest BCUT2D eigenvalue weighted by molar-refractivity contribution is 5.60. The molecule has 0 atom stereocenters. The van der Waals surface area contributed by atoms with Crippen molar-refractivity contribution in [3.8, 4) is 16.9 Å². The second-order valence-electron chi connectivity index (χ2n) is 7.25. The summed E-state index contributed by atoms with van der Waals surface area (Å²) < 4.78 is 55.7. The number of benzene rings is 1. The molecule has 0 N–H and O–H groups in total. The minimum atomic E-state index is -0.977. The zero-order chi connectivity index (χ0) is 21.5. The van der Waals surface area contributed by atoms with Gasteiger partial charge in [0.1, 0.15) is 17.3 Å². The van der Waals surface area contributed by atoms with Crippen LogP contribution in [0.25, 0.3) is 16.9 Å². The van der Waals surface area contributed by atoms with Gasteiger partial charge >= 0.3 is 0 Å². The molecule has 0 aliphatic carbocycles. The summed E-state index contributed by atoms with van der Waals surface area (Å²) in [7, 11) is 0. The van der Waals surface area contributed by atoms with Gasteiger partial charge in [0.25, 0.3) is 0 Å². The summed E-state index contributed by atoms with van der Waals surface area (Å²) in [6, 6.07) is 12.4. The van der Waals surface area contributed by atoms with E-state index in [0.29, 0.717) is 17.1 Å². The summed E-state index contributed by atoms with van der Waals surface area (Å²) in [4.78, 5) is 7.72. The van der Waals surface area contributed by atoms with Gasteiger partial charge in [-0.1, -0.05) is 6.07 Å². The molecule has 0 amide bonds. The van der Waals surface area contributed by atoms with Gasteiger partial charge in [0.15, 0.2) is 0 Å². The molecule has 8 heteroatoms. The van der Waals surface area contributed by atoms with Crippen LogP contribution in [-0.2, 0) is 5.41 Å². The first-order valence-corrected chi connectivity index (χ1v) is 9.07. The van der Waals surface area contributed by atoms with Crippen molar-refractivity contribution in [1.82, 2.24) is 19.7 Å². The summed E-state index contributed by atoms with van der Waals surface area (Å²) in [5.41, 5.74) is 0.975. The van der Waals surface area contributed by atoms with Gasteiger partial charge in [0, 0.05) is 17.8 Å². The van der Waals surface area contributed by atoms with Crippen LogP contribution in [0.1, 0.15) is 25.2 Å². The molecule has 4 aromatic rings. The number of hydrogen-bond donors (Lipinski definition) is 0. The number of aromatic nitrogens is 4. The third-order valence-corrected chi connectivity index (χ3v) is 4.87. The third-order valence-electron chi connectivity index (χ3n) is 4.87. The summed E-state index contributed by atoms with van der Waals surface area (Å²) in [6.45, 7) is 3.73. The summed E-state index contributed by atoms with van der Waals surface area (Å²) in [6.07, 6.45) is 1.54. The Morgan fingerprint density at radius 3 is 2.37 bits per heavy atom. The molecule has 152 valence electrons. The first-order valence-electron chi connectivity index (χ1n) is 9.07. The summed E-state index contributed by atoms with van der Waals surface area (Å²) in [5, 5.41) is 4.40. The van der Waals surface area contributed by atoms with Crippen LogP contribution in [0.4, 0.5) is 17.6 Å². The molecule has 4 rings (SSSR count). The average molecular weight is 412 g/mol. The van der Waals surface area contributed by atoms with Crippen molar-refractivity contribution in [3.05, 3.63) is 95.7 Å². The van der Waals surface area contributed by atoms with Gasteiger partial charge in [-0.25, -0.2) is 13.5 Å². The third kappa shape index (κ3) is 3.56. The lowest BCUT2D eigenvalue weighted by molar-refractivity contribution is 0.503. The molecule has 0 bridgehead atoms. The second kappa shape index (κ2) is 7.37. The second-order valence-corrected chi connectivity index (χ2v) is 7.25. The zero-order valence-electron chi connectivity index (χ0n) is 16.1. The maximum absolute atomic E-state index is 14.2. The van der Waals surface area contributed by atoms with E-state index in [2.05, 4.69) is 15.1 Å². The van der Waals surface area contributed by atoms with Crippen LogP contribution in [0.2, 0.25) is 0 Å². The van der Waals surface area contributed by atoms with Crippen molar-refractivity contribution >= 4 is 0 Å². The normalized spacial score (nSPS) is 11.7. The van der Waals surface area contributed by atoms with Crippen molar-refractivity contribution in [2.24, 2.45) is 0 Å². The quantitative estimate of drug-likeness (QED) is 0.341. The predicted octanol–water partition coefficient (Wildman–Crippen LogP) is 5.21. The van der Waals surface area contributed by atoms with Crippen LogP contribution >= 0.6 is 0 Å². The highest BCUT2D eigenvalue weighted by atomic mass is 19.1. The molecule has 0 saturated heterocycles. The minimum absolute atomic E-state index is 0.00791. The number of pyridine rings is 2. The SMILES string of the molecule is CC(C)(c1cccc(-c2ccc(F)cc2F)n1)c1ccn(-c2ccc(F)nc2F)n1. The molecule has 0 unspecified atom stereocenters. The van der Waals surface area contributed by atoms with Crippen LogP contribution in [0.3, 0.4) is 0 Å². The Kier molecular flexibility index (Phi) is 4.85. The maximum Gasteiger partial charge on any atom is 0.241 e. The van der Waals surface area contributed by atoms with Crippen molar-refractivity contribution in [2.75, 3.05) is 0 Å². The highest BCUT2D eigenvalue weighted by Gasteiger charge is 2.28. The van der Waals surface area contributed by atoms with Gasteiger partial charge < -0.3 is 0 Å². The Balaban J connectivity index is 1.71. The first-order chi connectivity index (χ1) is 14.3. The van der Waals surface area contributed by atoms with Crippen molar-refractivity contribution < 1.29 is 17.6 Å². The Labute approximate surface area is 169 Å². The molecule has 4 nitrogen and oxygen atoms in total. The lowest BCUT2D eigenvalue weighted by Crippen LogP contribution is -2.22. The van der Waals surface area contributed by atoms with Crippen molar-refractivity contribution in [2.45, 2.75) is 19.3 Å². The number of rotatable bonds is 4. The fraction of sp³-hybridized carbons (Fsp3) is 0.136. The molecule has 0 saturated carbocycles. The molecule has 1 aromatic carbocycles. The Morgan fingerprint density at radius 2 is 1.63 bits per heavy atom. The Hall–Kier alpha value is -3.55. The molecule has 0 spiro atoms.